The van der Waals surface area contributed by atoms with Crippen LogP contribution in [0.25, 0.3) is 11.3 Å². The predicted octanol–water partition coefficient (Wildman–Crippen LogP) is 3.37. The zero-order valence-electron chi connectivity index (χ0n) is 14.4. The number of amides is 1. The quantitative estimate of drug-likeness (QED) is 0.831. The number of carbonyl (C=O) groups excluding carboxylic acids is 1. The molecule has 24 heavy (non-hydrogen) atoms. The number of aromatic nitrogens is 1. The summed E-state index contributed by atoms with van der Waals surface area (Å²) >= 11 is 5.88. The van der Waals surface area contributed by atoms with Crippen molar-refractivity contribution in [3.63, 3.8) is 0 Å². The maximum atomic E-state index is 12.2. The lowest BCUT2D eigenvalue weighted by atomic mass is 9.93. The first-order chi connectivity index (χ1) is 11.3. The molecule has 0 spiro atoms. The van der Waals surface area contributed by atoms with Gasteiger partial charge in [-0.15, -0.1) is 0 Å². The van der Waals surface area contributed by atoms with Crippen LogP contribution in [0, 0.1) is 5.41 Å². The predicted molar refractivity (Wildman–Crippen MR) is 95.7 cm³/mol. The zero-order chi connectivity index (χ0) is 17.7. The van der Waals surface area contributed by atoms with Crippen LogP contribution in [-0.2, 0) is 11.2 Å². The molecule has 0 aliphatic rings. The van der Waals surface area contributed by atoms with Crippen molar-refractivity contribution in [3.8, 4) is 11.3 Å². The molecule has 1 aromatic carbocycles. The van der Waals surface area contributed by atoms with Gasteiger partial charge in [-0.25, -0.2) is 4.98 Å². The summed E-state index contributed by atoms with van der Waals surface area (Å²) < 4.78 is 5.72. The number of hydrogen-bond donors (Lipinski definition) is 1. The minimum atomic E-state index is -0.0882. The number of hydrogen-bond acceptors (Lipinski definition) is 4. The van der Waals surface area contributed by atoms with E-state index in [1.807, 2.05) is 26.0 Å². The Morgan fingerprint density at radius 2 is 2.00 bits per heavy atom. The lowest BCUT2D eigenvalue weighted by Gasteiger charge is -2.29. The van der Waals surface area contributed by atoms with Gasteiger partial charge in [0.05, 0.1) is 6.20 Å². The molecule has 0 atom stereocenters. The van der Waals surface area contributed by atoms with E-state index in [2.05, 4.69) is 4.98 Å². The second-order valence-electron chi connectivity index (χ2n) is 6.74. The van der Waals surface area contributed by atoms with Crippen molar-refractivity contribution in [2.24, 2.45) is 11.1 Å². The van der Waals surface area contributed by atoms with Crippen LogP contribution in [0.15, 0.2) is 34.9 Å². The van der Waals surface area contributed by atoms with Crippen molar-refractivity contribution >= 4 is 17.5 Å². The highest BCUT2D eigenvalue weighted by Gasteiger charge is 2.21. The molecule has 0 aliphatic heterocycles. The molecule has 2 rings (SSSR count). The molecule has 0 aliphatic carbocycles. The van der Waals surface area contributed by atoms with Crippen LogP contribution >= 0.6 is 11.6 Å². The molecule has 0 saturated carbocycles. The van der Waals surface area contributed by atoms with E-state index in [1.165, 1.54) is 0 Å². The summed E-state index contributed by atoms with van der Waals surface area (Å²) in [6.45, 7) is 5.26. The van der Waals surface area contributed by atoms with Gasteiger partial charge >= 0.3 is 0 Å². The average Bonchev–Trinajstić information content (AvgIpc) is 3.01. The number of benzene rings is 1. The summed E-state index contributed by atoms with van der Waals surface area (Å²) in [7, 11) is 1.80. The molecule has 2 aromatic rings. The van der Waals surface area contributed by atoms with Crippen molar-refractivity contribution < 1.29 is 9.21 Å². The largest absolute Gasteiger partial charge is 0.441 e. The summed E-state index contributed by atoms with van der Waals surface area (Å²) in [4.78, 5) is 18.2. The molecule has 1 heterocycles. The molecule has 0 fully saturated rings. The summed E-state index contributed by atoms with van der Waals surface area (Å²) in [6, 6.07) is 7.36. The summed E-state index contributed by atoms with van der Waals surface area (Å²) in [5, 5.41) is 0.674. The lowest BCUT2D eigenvalue weighted by molar-refractivity contribution is -0.131. The van der Waals surface area contributed by atoms with Crippen LogP contribution < -0.4 is 5.73 Å². The third kappa shape index (κ3) is 5.08. The third-order valence-electron chi connectivity index (χ3n) is 3.88. The van der Waals surface area contributed by atoms with Gasteiger partial charge in [-0.2, -0.15) is 0 Å². The van der Waals surface area contributed by atoms with E-state index in [1.54, 1.807) is 30.3 Å². The first-order valence-corrected chi connectivity index (χ1v) is 8.33. The van der Waals surface area contributed by atoms with Crippen molar-refractivity contribution in [2.45, 2.75) is 26.7 Å². The van der Waals surface area contributed by atoms with E-state index in [4.69, 9.17) is 21.8 Å². The standard InChI is InChI=1S/C18H24ClN3O2/c1-18(2,11-20)12-22(3)17(23)9-8-16-21-10-15(24-16)13-4-6-14(19)7-5-13/h4-7,10H,8-9,11-12,20H2,1-3H3. The number of halogens is 1. The topological polar surface area (TPSA) is 72.4 Å². The number of nitrogens with zero attached hydrogens (tertiary/aromatic N) is 2. The maximum Gasteiger partial charge on any atom is 0.222 e. The summed E-state index contributed by atoms with van der Waals surface area (Å²) in [6.07, 6.45) is 2.50. The molecule has 1 amide bonds. The number of carbonyl (C=O) groups is 1. The van der Waals surface area contributed by atoms with Crippen molar-refractivity contribution in [2.75, 3.05) is 20.1 Å². The zero-order valence-corrected chi connectivity index (χ0v) is 15.1. The Bertz CT molecular complexity index is 680. The third-order valence-corrected chi connectivity index (χ3v) is 4.13. The Morgan fingerprint density at radius 3 is 2.62 bits per heavy atom. The van der Waals surface area contributed by atoms with Gasteiger partial charge in [0.15, 0.2) is 11.7 Å². The highest BCUT2D eigenvalue weighted by atomic mass is 35.5. The molecule has 1 aromatic heterocycles. The van der Waals surface area contributed by atoms with E-state index < -0.39 is 0 Å². The van der Waals surface area contributed by atoms with Gasteiger partial charge in [-0.05, 0) is 36.2 Å². The minimum absolute atomic E-state index is 0.0581. The maximum absolute atomic E-state index is 12.2. The fourth-order valence-electron chi connectivity index (χ4n) is 2.37. The van der Waals surface area contributed by atoms with Crippen molar-refractivity contribution in [1.82, 2.24) is 9.88 Å². The normalized spacial score (nSPS) is 11.5. The molecule has 6 heteroatoms. The average molecular weight is 350 g/mol. The Labute approximate surface area is 147 Å². The van der Waals surface area contributed by atoms with E-state index in [0.29, 0.717) is 42.6 Å². The van der Waals surface area contributed by atoms with Gasteiger partial charge in [0.2, 0.25) is 5.91 Å². The van der Waals surface area contributed by atoms with Crippen LogP contribution in [0.1, 0.15) is 26.2 Å². The number of nitrogens with two attached hydrogens (primary N) is 1. The fourth-order valence-corrected chi connectivity index (χ4v) is 2.50. The summed E-state index contributed by atoms with van der Waals surface area (Å²) in [5.41, 5.74) is 6.54. The highest BCUT2D eigenvalue weighted by molar-refractivity contribution is 6.30. The van der Waals surface area contributed by atoms with Crippen LogP contribution in [0.4, 0.5) is 0 Å². The van der Waals surface area contributed by atoms with Crippen LogP contribution in [0.5, 0.6) is 0 Å². The number of oxazole rings is 1. The first kappa shape index (κ1) is 18.5. The Hall–Kier alpha value is -1.85. The van der Waals surface area contributed by atoms with Gasteiger partial charge < -0.3 is 15.1 Å². The Balaban J connectivity index is 1.91. The van der Waals surface area contributed by atoms with Crippen LogP contribution in [-0.4, -0.2) is 35.9 Å². The number of aryl methyl sites for hydroxylation is 1. The lowest BCUT2D eigenvalue weighted by Crippen LogP contribution is -2.39. The van der Waals surface area contributed by atoms with Crippen molar-refractivity contribution in [1.29, 1.82) is 0 Å². The first-order valence-electron chi connectivity index (χ1n) is 7.95. The summed E-state index contributed by atoms with van der Waals surface area (Å²) in [5.74, 6) is 1.29. The molecular formula is C18H24ClN3O2. The van der Waals surface area contributed by atoms with Crippen molar-refractivity contribution in [3.05, 3.63) is 41.4 Å². The smallest absolute Gasteiger partial charge is 0.222 e. The Morgan fingerprint density at radius 1 is 1.33 bits per heavy atom. The van der Waals surface area contributed by atoms with Gasteiger partial charge in [0, 0.05) is 37.0 Å². The molecule has 0 bridgehead atoms. The molecule has 0 saturated heterocycles. The molecule has 0 unspecified atom stereocenters. The van der Waals surface area contributed by atoms with Gasteiger partial charge in [0.25, 0.3) is 0 Å². The van der Waals surface area contributed by atoms with Crippen LogP contribution in [0.2, 0.25) is 5.02 Å². The van der Waals surface area contributed by atoms with E-state index >= 15 is 0 Å². The minimum Gasteiger partial charge on any atom is -0.441 e. The van der Waals surface area contributed by atoms with E-state index in [-0.39, 0.29) is 11.3 Å². The second kappa shape index (κ2) is 7.81. The fraction of sp³-hybridized carbons (Fsp3) is 0.444. The molecule has 130 valence electrons. The number of rotatable bonds is 7. The molecule has 0 radical (unpaired) electrons. The Kier molecular flexibility index (Phi) is 6.02. The second-order valence-corrected chi connectivity index (χ2v) is 7.18. The van der Waals surface area contributed by atoms with E-state index in [9.17, 15) is 4.79 Å². The van der Waals surface area contributed by atoms with Gasteiger partial charge in [-0.3, -0.25) is 4.79 Å². The molecular weight excluding hydrogens is 326 g/mol. The molecule has 5 nitrogen and oxygen atoms in total. The highest BCUT2D eigenvalue weighted by Crippen LogP contribution is 2.23. The SMILES string of the molecule is CN(CC(C)(C)CN)C(=O)CCc1ncc(-c2ccc(Cl)cc2)o1. The van der Waals surface area contributed by atoms with Crippen LogP contribution in [0.3, 0.4) is 0 Å². The molecule has 2 N–H and O–H groups in total. The van der Waals surface area contributed by atoms with E-state index in [0.717, 1.165) is 5.56 Å². The monoisotopic (exact) mass is 349 g/mol. The van der Waals surface area contributed by atoms with Gasteiger partial charge in [-0.1, -0.05) is 25.4 Å². The van der Waals surface area contributed by atoms with Gasteiger partial charge in [0.1, 0.15) is 0 Å².